The summed E-state index contributed by atoms with van der Waals surface area (Å²) in [7, 11) is 0. The fourth-order valence-electron chi connectivity index (χ4n) is 1.60. The van der Waals surface area contributed by atoms with Crippen LogP contribution in [-0.4, -0.2) is 19.8 Å². The van der Waals surface area contributed by atoms with Gasteiger partial charge in [-0.15, -0.1) is 0 Å². The lowest BCUT2D eigenvalue weighted by atomic mass is 10.1. The highest BCUT2D eigenvalue weighted by Gasteiger charge is 2.10. The third kappa shape index (κ3) is 5.33. The van der Waals surface area contributed by atoms with Crippen LogP contribution in [0.15, 0.2) is 12.1 Å². The van der Waals surface area contributed by atoms with E-state index in [1.807, 2.05) is 6.92 Å². The van der Waals surface area contributed by atoms with Crippen LogP contribution < -0.4 is 5.32 Å². The van der Waals surface area contributed by atoms with Gasteiger partial charge in [-0.1, -0.05) is 6.92 Å². The molecule has 1 aromatic carbocycles. The van der Waals surface area contributed by atoms with Gasteiger partial charge in [-0.3, -0.25) is 0 Å². The highest BCUT2D eigenvalue weighted by Crippen LogP contribution is 2.14. The molecule has 104 valence electrons. The van der Waals surface area contributed by atoms with Crippen molar-refractivity contribution in [2.75, 3.05) is 19.8 Å². The molecule has 1 rings (SSSR count). The third-order valence-corrected chi connectivity index (χ3v) is 2.56. The molecule has 1 aromatic rings. The van der Waals surface area contributed by atoms with E-state index in [-0.39, 0.29) is 17.7 Å². The first-order chi connectivity index (χ1) is 9.19. The summed E-state index contributed by atoms with van der Waals surface area (Å²) >= 11 is 0. The van der Waals surface area contributed by atoms with Crippen LogP contribution in [0.5, 0.6) is 0 Å². The smallest absolute Gasteiger partial charge is 0.131 e. The molecule has 0 amide bonds. The predicted octanol–water partition coefficient (Wildman–Crippen LogP) is 2.74. The second-order valence-electron chi connectivity index (χ2n) is 4.17. The van der Waals surface area contributed by atoms with Crippen LogP contribution in [0.3, 0.4) is 0 Å². The molecule has 0 spiro atoms. The molecule has 0 bridgehead atoms. The monoisotopic (exact) mass is 268 g/mol. The van der Waals surface area contributed by atoms with E-state index in [2.05, 4.69) is 5.32 Å². The summed E-state index contributed by atoms with van der Waals surface area (Å²) in [6, 6.07) is 3.81. The van der Waals surface area contributed by atoms with Gasteiger partial charge in [0.2, 0.25) is 0 Å². The summed E-state index contributed by atoms with van der Waals surface area (Å²) in [5.41, 5.74) is -0.0415. The van der Waals surface area contributed by atoms with Crippen LogP contribution in [0.25, 0.3) is 0 Å². The molecule has 0 fully saturated rings. The molecule has 0 saturated heterocycles. The van der Waals surface area contributed by atoms with Gasteiger partial charge < -0.3 is 10.1 Å². The number of halogens is 2. The van der Waals surface area contributed by atoms with Gasteiger partial charge in [0.1, 0.15) is 11.6 Å². The molecule has 0 aliphatic carbocycles. The Morgan fingerprint density at radius 2 is 1.95 bits per heavy atom. The maximum Gasteiger partial charge on any atom is 0.131 e. The predicted molar refractivity (Wildman–Crippen MR) is 68.5 cm³/mol. The van der Waals surface area contributed by atoms with Crippen molar-refractivity contribution in [2.24, 2.45) is 0 Å². The summed E-state index contributed by atoms with van der Waals surface area (Å²) < 4.78 is 32.3. The Bertz CT molecular complexity index is 421. The zero-order valence-corrected chi connectivity index (χ0v) is 11.0. The van der Waals surface area contributed by atoms with Crippen molar-refractivity contribution < 1.29 is 13.5 Å². The highest BCUT2D eigenvalue weighted by molar-refractivity contribution is 5.34. The van der Waals surface area contributed by atoms with Gasteiger partial charge in [0.05, 0.1) is 11.6 Å². The average molecular weight is 268 g/mol. The molecule has 0 heterocycles. The molecule has 0 aromatic heterocycles. The van der Waals surface area contributed by atoms with Gasteiger partial charge in [0.25, 0.3) is 0 Å². The van der Waals surface area contributed by atoms with Crippen LogP contribution in [0.1, 0.15) is 30.9 Å². The lowest BCUT2D eigenvalue weighted by molar-refractivity contribution is 0.132. The molecule has 3 nitrogen and oxygen atoms in total. The fourth-order valence-corrected chi connectivity index (χ4v) is 1.60. The molecule has 0 saturated carbocycles. The minimum atomic E-state index is -0.689. The lowest BCUT2D eigenvalue weighted by Gasteiger charge is -2.08. The quantitative estimate of drug-likeness (QED) is 0.737. The Hall–Kier alpha value is -1.51. The Balaban J connectivity index is 2.36. The van der Waals surface area contributed by atoms with Crippen LogP contribution in [0, 0.1) is 23.0 Å². The van der Waals surface area contributed by atoms with E-state index >= 15 is 0 Å². The summed E-state index contributed by atoms with van der Waals surface area (Å²) in [5.74, 6) is -1.38. The lowest BCUT2D eigenvalue weighted by Crippen LogP contribution is -2.18. The van der Waals surface area contributed by atoms with Crippen LogP contribution in [0.2, 0.25) is 0 Å². The Morgan fingerprint density at radius 3 is 2.53 bits per heavy atom. The Labute approximate surface area is 112 Å². The fraction of sp³-hybridized carbons (Fsp3) is 0.500. The third-order valence-electron chi connectivity index (χ3n) is 2.56. The Morgan fingerprint density at radius 1 is 1.26 bits per heavy atom. The first kappa shape index (κ1) is 15.5. The molecular weight excluding hydrogens is 250 g/mol. The molecule has 0 aliphatic heterocycles. The molecule has 0 aliphatic rings. The topological polar surface area (TPSA) is 45.0 Å². The second kappa shape index (κ2) is 8.57. The van der Waals surface area contributed by atoms with E-state index in [9.17, 15) is 8.78 Å². The van der Waals surface area contributed by atoms with E-state index in [4.69, 9.17) is 10.00 Å². The zero-order chi connectivity index (χ0) is 14.1. The highest BCUT2D eigenvalue weighted by atomic mass is 19.1. The molecule has 0 radical (unpaired) electrons. The van der Waals surface area contributed by atoms with Gasteiger partial charge in [-0.25, -0.2) is 8.78 Å². The molecule has 0 atom stereocenters. The molecular formula is C14H18F2N2O. The number of hydrogen-bond acceptors (Lipinski definition) is 3. The van der Waals surface area contributed by atoms with E-state index in [0.717, 1.165) is 31.6 Å². The second-order valence-corrected chi connectivity index (χ2v) is 4.17. The van der Waals surface area contributed by atoms with Crippen LogP contribution >= 0.6 is 0 Å². The van der Waals surface area contributed by atoms with Gasteiger partial charge in [0.15, 0.2) is 0 Å². The maximum atomic E-state index is 13.5. The summed E-state index contributed by atoms with van der Waals surface area (Å²) in [5, 5.41) is 11.5. The minimum absolute atomic E-state index is 0.00767. The van der Waals surface area contributed by atoms with Crippen molar-refractivity contribution in [3.8, 4) is 6.07 Å². The largest absolute Gasteiger partial charge is 0.381 e. The summed E-state index contributed by atoms with van der Waals surface area (Å²) in [6.45, 7) is 4.15. The van der Waals surface area contributed by atoms with Gasteiger partial charge >= 0.3 is 0 Å². The van der Waals surface area contributed by atoms with Crippen LogP contribution in [0.4, 0.5) is 8.78 Å². The van der Waals surface area contributed by atoms with Gasteiger partial charge in [0, 0.05) is 25.3 Å². The molecule has 0 unspecified atom stereocenters. The number of nitrogens with one attached hydrogen (secondary N) is 1. The standard InChI is InChI=1S/C14H18F2N2O/c1-2-5-19-6-3-4-18-10-12-13(15)7-11(9-17)8-14(12)16/h7-8,18H,2-6,10H2,1H3. The van der Waals surface area contributed by atoms with Crippen molar-refractivity contribution in [3.05, 3.63) is 34.9 Å². The first-order valence-electron chi connectivity index (χ1n) is 6.35. The summed E-state index contributed by atoms with van der Waals surface area (Å²) in [4.78, 5) is 0. The number of nitrogens with zero attached hydrogens (tertiary/aromatic N) is 1. The molecule has 1 N–H and O–H groups in total. The molecule has 19 heavy (non-hydrogen) atoms. The zero-order valence-electron chi connectivity index (χ0n) is 11.0. The van der Waals surface area contributed by atoms with E-state index in [0.29, 0.717) is 13.2 Å². The van der Waals surface area contributed by atoms with E-state index in [1.165, 1.54) is 0 Å². The van der Waals surface area contributed by atoms with Crippen LogP contribution in [-0.2, 0) is 11.3 Å². The van der Waals surface area contributed by atoms with Crippen molar-refractivity contribution in [3.63, 3.8) is 0 Å². The van der Waals surface area contributed by atoms with Crippen molar-refractivity contribution >= 4 is 0 Å². The maximum absolute atomic E-state index is 13.5. The number of nitriles is 1. The van der Waals surface area contributed by atoms with E-state index < -0.39 is 11.6 Å². The SMILES string of the molecule is CCCOCCCNCc1c(F)cc(C#N)cc1F. The normalized spacial score (nSPS) is 10.4. The van der Waals surface area contributed by atoms with Crippen molar-refractivity contribution in [1.82, 2.24) is 5.32 Å². The number of rotatable bonds is 8. The average Bonchev–Trinajstić information content (AvgIpc) is 2.40. The summed E-state index contributed by atoms with van der Waals surface area (Å²) in [6.07, 6.45) is 1.77. The Kier molecular flexibility index (Phi) is 7.01. The minimum Gasteiger partial charge on any atom is -0.381 e. The van der Waals surface area contributed by atoms with Crippen molar-refractivity contribution in [1.29, 1.82) is 5.26 Å². The molecule has 5 heteroatoms. The van der Waals surface area contributed by atoms with Crippen molar-refractivity contribution in [2.45, 2.75) is 26.3 Å². The van der Waals surface area contributed by atoms with Gasteiger partial charge in [-0.2, -0.15) is 5.26 Å². The number of benzene rings is 1. The van der Waals surface area contributed by atoms with Gasteiger partial charge in [-0.05, 0) is 31.5 Å². The number of hydrogen-bond donors (Lipinski definition) is 1. The first-order valence-corrected chi connectivity index (χ1v) is 6.35. The number of ether oxygens (including phenoxy) is 1. The van der Waals surface area contributed by atoms with E-state index in [1.54, 1.807) is 6.07 Å².